The van der Waals surface area contributed by atoms with Crippen molar-refractivity contribution in [2.24, 2.45) is 0 Å². The molecule has 0 aromatic carbocycles. The molecule has 1 rings (SSSR count). The van der Waals surface area contributed by atoms with Gasteiger partial charge in [0, 0.05) is 4.88 Å². The average Bonchev–Trinajstić information content (AvgIpc) is 2.62. The van der Waals surface area contributed by atoms with Crippen molar-refractivity contribution < 1.29 is 17.9 Å². The van der Waals surface area contributed by atoms with Gasteiger partial charge in [-0.1, -0.05) is 0 Å². The Morgan fingerprint density at radius 1 is 1.37 bits per heavy atom. The van der Waals surface area contributed by atoms with E-state index in [0.717, 1.165) is 16.2 Å². The Morgan fingerprint density at radius 2 is 1.95 bits per heavy atom. The van der Waals surface area contributed by atoms with Gasteiger partial charge in [0.15, 0.2) is 0 Å². The minimum atomic E-state index is -3.67. The van der Waals surface area contributed by atoms with Crippen molar-refractivity contribution in [3.63, 3.8) is 0 Å². The third-order valence-electron chi connectivity index (χ3n) is 2.07. The quantitative estimate of drug-likeness (QED) is 0.864. The van der Waals surface area contributed by atoms with Crippen LogP contribution in [-0.2, 0) is 19.6 Å². The number of esters is 1. The molecular weight excluding hydrogens is 286 g/mol. The zero-order valence-electron chi connectivity index (χ0n) is 11.7. The van der Waals surface area contributed by atoms with E-state index in [4.69, 9.17) is 4.74 Å². The lowest BCUT2D eigenvalue weighted by Gasteiger charge is -2.22. The molecule has 1 aromatic rings. The number of aryl methyl sites for hydroxylation is 1. The molecule has 7 heteroatoms. The maximum atomic E-state index is 12.0. The molecular formula is C12H19NO4S2. The molecule has 5 nitrogen and oxygen atoms in total. The van der Waals surface area contributed by atoms with E-state index < -0.39 is 27.6 Å². The summed E-state index contributed by atoms with van der Waals surface area (Å²) in [5.74, 6) is -0.593. The average molecular weight is 305 g/mol. The predicted molar refractivity (Wildman–Crippen MR) is 74.7 cm³/mol. The fourth-order valence-corrected chi connectivity index (χ4v) is 3.78. The first kappa shape index (κ1) is 16.1. The van der Waals surface area contributed by atoms with Crippen LogP contribution in [0.3, 0.4) is 0 Å². The number of hydrogen-bond donors (Lipinski definition) is 1. The summed E-state index contributed by atoms with van der Waals surface area (Å²) in [4.78, 5) is 12.6. The number of nitrogens with one attached hydrogen (secondary N) is 1. The number of ether oxygens (including phenoxy) is 1. The zero-order chi connectivity index (χ0) is 14.8. The maximum Gasteiger partial charge on any atom is 0.324 e. The fraction of sp³-hybridized carbons (Fsp3) is 0.583. The summed E-state index contributed by atoms with van der Waals surface area (Å²) in [5, 5.41) is 0. The van der Waals surface area contributed by atoms with Crippen LogP contribution in [0.2, 0.25) is 0 Å². The molecule has 1 N–H and O–H groups in total. The third-order valence-corrected chi connectivity index (χ3v) is 5.11. The summed E-state index contributed by atoms with van der Waals surface area (Å²) in [7, 11) is -3.67. The van der Waals surface area contributed by atoms with Crippen LogP contribution in [0, 0.1) is 6.92 Å². The van der Waals surface area contributed by atoms with E-state index in [1.54, 1.807) is 26.8 Å². The largest absolute Gasteiger partial charge is 0.459 e. The molecule has 1 heterocycles. The summed E-state index contributed by atoms with van der Waals surface area (Å²) < 4.78 is 31.7. The Hall–Kier alpha value is -0.920. The zero-order valence-corrected chi connectivity index (χ0v) is 13.3. The van der Waals surface area contributed by atoms with Gasteiger partial charge in [-0.15, -0.1) is 11.3 Å². The van der Waals surface area contributed by atoms with Crippen molar-refractivity contribution in [1.29, 1.82) is 0 Å². The third kappa shape index (κ3) is 4.93. The highest BCUT2D eigenvalue weighted by atomic mass is 32.2. The van der Waals surface area contributed by atoms with Gasteiger partial charge in [0.1, 0.15) is 15.9 Å². The number of sulfonamides is 1. The summed E-state index contributed by atoms with van der Waals surface area (Å²) in [6, 6.07) is 2.31. The van der Waals surface area contributed by atoms with Gasteiger partial charge in [0.05, 0.1) is 0 Å². The van der Waals surface area contributed by atoms with Crippen molar-refractivity contribution in [1.82, 2.24) is 4.72 Å². The van der Waals surface area contributed by atoms with Crippen LogP contribution < -0.4 is 4.72 Å². The molecule has 0 aliphatic rings. The van der Waals surface area contributed by atoms with Gasteiger partial charge in [-0.2, -0.15) is 4.72 Å². The SMILES string of the molecule is Cc1ccc(S(=O)(=O)N[C@H](C)C(=O)OC(C)(C)C)s1. The van der Waals surface area contributed by atoms with Crippen LogP contribution in [0.25, 0.3) is 0 Å². The normalized spacial score (nSPS) is 14.2. The Bertz CT molecular complexity index is 555. The number of hydrogen-bond acceptors (Lipinski definition) is 5. The Kier molecular flexibility index (Phi) is 4.76. The second kappa shape index (κ2) is 5.60. The summed E-state index contributed by atoms with van der Waals surface area (Å²) >= 11 is 1.16. The molecule has 1 atom stereocenters. The van der Waals surface area contributed by atoms with Crippen molar-refractivity contribution in [2.45, 2.75) is 50.5 Å². The monoisotopic (exact) mass is 305 g/mol. The van der Waals surface area contributed by atoms with E-state index in [9.17, 15) is 13.2 Å². The van der Waals surface area contributed by atoms with Gasteiger partial charge in [-0.25, -0.2) is 8.42 Å². The lowest BCUT2D eigenvalue weighted by atomic mass is 10.2. The molecule has 0 spiro atoms. The highest BCUT2D eigenvalue weighted by Crippen LogP contribution is 2.20. The minimum Gasteiger partial charge on any atom is -0.459 e. The molecule has 0 amide bonds. The molecule has 0 fully saturated rings. The summed E-state index contributed by atoms with van der Waals surface area (Å²) in [6.45, 7) is 8.48. The Morgan fingerprint density at radius 3 is 2.37 bits per heavy atom. The molecule has 0 radical (unpaired) electrons. The first-order valence-corrected chi connectivity index (χ1v) is 8.13. The van der Waals surface area contributed by atoms with Crippen molar-refractivity contribution in [2.75, 3.05) is 0 Å². The molecule has 0 unspecified atom stereocenters. The van der Waals surface area contributed by atoms with Gasteiger partial charge >= 0.3 is 5.97 Å². The minimum absolute atomic E-state index is 0.195. The smallest absolute Gasteiger partial charge is 0.324 e. The van der Waals surface area contributed by atoms with Crippen LogP contribution >= 0.6 is 11.3 Å². The Balaban J connectivity index is 2.76. The topological polar surface area (TPSA) is 72.5 Å². The van der Waals surface area contributed by atoms with Gasteiger partial charge in [0.2, 0.25) is 0 Å². The summed E-state index contributed by atoms with van der Waals surface area (Å²) in [5.41, 5.74) is -0.643. The van der Waals surface area contributed by atoms with Crippen LogP contribution in [0.4, 0.5) is 0 Å². The molecule has 0 aliphatic carbocycles. The van der Waals surface area contributed by atoms with E-state index >= 15 is 0 Å². The Labute approximate surface area is 118 Å². The van der Waals surface area contributed by atoms with Crippen LogP contribution in [0.1, 0.15) is 32.6 Å². The van der Waals surface area contributed by atoms with Gasteiger partial charge in [0.25, 0.3) is 10.0 Å². The molecule has 0 saturated carbocycles. The highest BCUT2D eigenvalue weighted by molar-refractivity contribution is 7.91. The standard InChI is InChI=1S/C12H19NO4S2/c1-8-6-7-10(18-8)19(15,16)13-9(2)11(14)17-12(3,4)5/h6-7,9,13H,1-5H3/t9-/m1/s1. The van der Waals surface area contributed by atoms with E-state index in [-0.39, 0.29) is 4.21 Å². The van der Waals surface area contributed by atoms with Crippen LogP contribution in [0.5, 0.6) is 0 Å². The molecule has 108 valence electrons. The van der Waals surface area contributed by atoms with Crippen molar-refractivity contribution >= 4 is 27.3 Å². The second-order valence-electron chi connectivity index (χ2n) is 5.24. The molecule has 0 aliphatic heterocycles. The van der Waals surface area contributed by atoms with E-state index in [0.29, 0.717) is 0 Å². The highest BCUT2D eigenvalue weighted by Gasteiger charge is 2.27. The number of thiophene rings is 1. The van der Waals surface area contributed by atoms with Crippen molar-refractivity contribution in [3.05, 3.63) is 17.0 Å². The van der Waals surface area contributed by atoms with Gasteiger partial charge in [-0.05, 0) is 46.8 Å². The molecule has 1 aromatic heterocycles. The number of carbonyl (C=O) groups excluding carboxylic acids is 1. The van der Waals surface area contributed by atoms with Crippen LogP contribution in [0.15, 0.2) is 16.3 Å². The number of rotatable bonds is 4. The summed E-state index contributed by atoms with van der Waals surface area (Å²) in [6.07, 6.45) is 0. The number of carbonyl (C=O) groups is 1. The molecule has 0 saturated heterocycles. The second-order valence-corrected chi connectivity index (χ2v) is 8.47. The van der Waals surface area contributed by atoms with Crippen LogP contribution in [-0.4, -0.2) is 26.0 Å². The van der Waals surface area contributed by atoms with E-state index in [1.165, 1.54) is 13.0 Å². The lowest BCUT2D eigenvalue weighted by Crippen LogP contribution is -2.41. The first-order chi connectivity index (χ1) is 8.51. The lowest BCUT2D eigenvalue weighted by molar-refractivity contribution is -0.156. The fourth-order valence-electron chi connectivity index (χ4n) is 1.29. The molecule has 19 heavy (non-hydrogen) atoms. The van der Waals surface area contributed by atoms with Gasteiger partial charge < -0.3 is 4.74 Å². The predicted octanol–water partition coefficient (Wildman–Crippen LogP) is 2.07. The first-order valence-electron chi connectivity index (χ1n) is 5.83. The van der Waals surface area contributed by atoms with Gasteiger partial charge in [-0.3, -0.25) is 4.79 Å². The van der Waals surface area contributed by atoms with E-state index in [1.807, 2.05) is 6.92 Å². The maximum absolute atomic E-state index is 12.0. The molecule has 0 bridgehead atoms. The van der Waals surface area contributed by atoms with E-state index in [2.05, 4.69) is 4.72 Å². The van der Waals surface area contributed by atoms with Crippen molar-refractivity contribution in [3.8, 4) is 0 Å².